The van der Waals surface area contributed by atoms with Crippen LogP contribution in [0.4, 0.5) is 0 Å². The van der Waals surface area contributed by atoms with Gasteiger partial charge in [-0.2, -0.15) is 0 Å². The maximum Gasteiger partial charge on any atom is 0.321 e. The van der Waals surface area contributed by atoms with E-state index >= 15 is 0 Å². The second-order valence-corrected chi connectivity index (χ2v) is 7.95. The number of aromatic nitrogens is 2. The molecule has 0 aliphatic carbocycles. The molecule has 1 aliphatic rings. The Morgan fingerprint density at radius 1 is 1.21 bits per heavy atom. The predicted octanol–water partition coefficient (Wildman–Crippen LogP) is 0.827. The smallest absolute Gasteiger partial charge is 0.321 e. The minimum absolute atomic E-state index is 0.0280. The number of carbonyl (C=O) groups is 1. The van der Waals surface area contributed by atoms with Gasteiger partial charge in [-0.3, -0.25) is 9.69 Å². The first kappa shape index (κ1) is 16.5. The Morgan fingerprint density at radius 3 is 2.50 bits per heavy atom. The molecule has 1 atom stereocenters. The van der Waals surface area contributed by atoms with E-state index in [1.807, 2.05) is 30.3 Å². The number of carboxylic acids is 1. The number of hydrogen-bond acceptors (Lipinski definition) is 6. The third kappa shape index (κ3) is 3.77. The van der Waals surface area contributed by atoms with Gasteiger partial charge in [0.1, 0.15) is 6.04 Å². The van der Waals surface area contributed by atoms with Gasteiger partial charge in [0, 0.05) is 36.6 Å². The number of benzene rings is 1. The predicted molar refractivity (Wildman–Crippen MR) is 88.0 cm³/mol. The molecule has 1 aliphatic heterocycles. The minimum atomic E-state index is -3.30. The van der Waals surface area contributed by atoms with Crippen molar-refractivity contribution < 1.29 is 18.3 Å². The summed E-state index contributed by atoms with van der Waals surface area (Å²) in [6.07, 6.45) is 3.30. The molecule has 0 bridgehead atoms. The first-order valence-corrected chi connectivity index (χ1v) is 9.30. The van der Waals surface area contributed by atoms with Crippen LogP contribution in [0, 0.1) is 0 Å². The van der Waals surface area contributed by atoms with E-state index in [1.165, 1.54) is 0 Å². The van der Waals surface area contributed by atoms with Gasteiger partial charge in [0.05, 0.1) is 11.5 Å². The topological polar surface area (TPSA) is 100 Å². The van der Waals surface area contributed by atoms with Gasteiger partial charge in [-0.05, 0) is 0 Å². The van der Waals surface area contributed by atoms with Gasteiger partial charge < -0.3 is 5.11 Å². The van der Waals surface area contributed by atoms with E-state index in [9.17, 15) is 18.3 Å². The summed E-state index contributed by atoms with van der Waals surface area (Å²) in [7, 11) is -3.30. The highest BCUT2D eigenvalue weighted by atomic mass is 32.2. The van der Waals surface area contributed by atoms with E-state index < -0.39 is 21.8 Å². The summed E-state index contributed by atoms with van der Waals surface area (Å²) in [6, 6.07) is 8.50. The Morgan fingerprint density at radius 2 is 1.88 bits per heavy atom. The lowest BCUT2D eigenvalue weighted by molar-refractivity contribution is -0.142. The second-order valence-electron chi connectivity index (χ2n) is 5.72. The van der Waals surface area contributed by atoms with Crippen LogP contribution in [0.2, 0.25) is 0 Å². The monoisotopic (exact) mass is 347 g/mol. The van der Waals surface area contributed by atoms with Gasteiger partial charge in [-0.15, -0.1) is 0 Å². The summed E-state index contributed by atoms with van der Waals surface area (Å²) < 4.78 is 23.3. The first-order chi connectivity index (χ1) is 11.4. The normalized spacial score (nSPS) is 20.6. The van der Waals surface area contributed by atoms with E-state index in [-0.39, 0.29) is 18.1 Å². The highest BCUT2D eigenvalue weighted by Gasteiger charge is 2.35. The molecular weight excluding hydrogens is 330 g/mol. The Kier molecular flexibility index (Phi) is 4.59. The lowest BCUT2D eigenvalue weighted by Crippen LogP contribution is -2.51. The summed E-state index contributed by atoms with van der Waals surface area (Å²) in [4.78, 5) is 21.6. The molecule has 2 aromatic rings. The zero-order valence-electron chi connectivity index (χ0n) is 12.9. The first-order valence-electron chi connectivity index (χ1n) is 7.48. The average molecular weight is 347 g/mol. The number of hydrogen-bond donors (Lipinski definition) is 1. The van der Waals surface area contributed by atoms with Crippen LogP contribution >= 0.6 is 0 Å². The van der Waals surface area contributed by atoms with Crippen molar-refractivity contribution in [3.63, 3.8) is 0 Å². The third-order valence-electron chi connectivity index (χ3n) is 3.95. The molecule has 1 saturated heterocycles. The molecule has 7 nitrogen and oxygen atoms in total. The number of carboxylic acid groups (broad SMARTS) is 1. The van der Waals surface area contributed by atoms with Gasteiger partial charge in [0.15, 0.2) is 15.7 Å². The Labute approximate surface area is 139 Å². The maximum atomic E-state index is 11.7. The van der Waals surface area contributed by atoms with E-state index in [2.05, 4.69) is 9.97 Å². The molecule has 0 saturated carbocycles. The standard InChI is InChI=1S/C16H17N3O4S/c20-16(21)14-11-24(22,23)7-6-19(14)10-12-8-17-15(18-9-12)13-4-2-1-3-5-13/h1-5,8-9,14H,6-7,10-11H2,(H,20,21). The third-order valence-corrected chi connectivity index (χ3v) is 5.58. The Bertz CT molecular complexity index is 822. The highest BCUT2D eigenvalue weighted by Crippen LogP contribution is 2.17. The molecule has 2 heterocycles. The van der Waals surface area contributed by atoms with Crippen LogP contribution in [0.5, 0.6) is 0 Å². The number of rotatable bonds is 4. The van der Waals surface area contributed by atoms with Gasteiger partial charge in [-0.1, -0.05) is 30.3 Å². The fraction of sp³-hybridized carbons (Fsp3) is 0.312. The highest BCUT2D eigenvalue weighted by molar-refractivity contribution is 7.91. The van der Waals surface area contributed by atoms with Crippen LogP contribution < -0.4 is 0 Å². The van der Waals surface area contributed by atoms with Crippen molar-refractivity contribution in [3.8, 4) is 11.4 Å². The zero-order valence-corrected chi connectivity index (χ0v) is 13.7. The van der Waals surface area contributed by atoms with E-state index in [0.29, 0.717) is 12.4 Å². The van der Waals surface area contributed by atoms with Crippen LogP contribution in [0.25, 0.3) is 11.4 Å². The van der Waals surface area contributed by atoms with Gasteiger partial charge >= 0.3 is 5.97 Å². The molecule has 0 amide bonds. The van der Waals surface area contributed by atoms with Crippen molar-refractivity contribution in [2.45, 2.75) is 12.6 Å². The molecule has 1 fully saturated rings. The van der Waals surface area contributed by atoms with E-state index in [0.717, 1.165) is 11.1 Å². The summed E-state index contributed by atoms with van der Waals surface area (Å²) in [5.74, 6) is -0.916. The van der Waals surface area contributed by atoms with Crippen LogP contribution in [0.1, 0.15) is 5.56 Å². The van der Waals surface area contributed by atoms with Crippen molar-refractivity contribution in [3.05, 3.63) is 48.3 Å². The molecular formula is C16H17N3O4S. The van der Waals surface area contributed by atoms with Crippen LogP contribution in [0.15, 0.2) is 42.7 Å². The lowest BCUT2D eigenvalue weighted by Gasteiger charge is -2.32. The number of aliphatic carboxylic acids is 1. The SMILES string of the molecule is O=C(O)C1CS(=O)(=O)CCN1Cc1cnc(-c2ccccc2)nc1. The van der Waals surface area contributed by atoms with Crippen molar-refractivity contribution in [2.75, 3.05) is 18.1 Å². The molecule has 1 N–H and O–H groups in total. The number of sulfone groups is 1. The van der Waals surface area contributed by atoms with Crippen molar-refractivity contribution in [1.29, 1.82) is 0 Å². The van der Waals surface area contributed by atoms with Crippen molar-refractivity contribution in [2.24, 2.45) is 0 Å². The van der Waals surface area contributed by atoms with Gasteiger partial charge in [0.25, 0.3) is 0 Å². The molecule has 1 aromatic heterocycles. The molecule has 1 unspecified atom stereocenters. The molecule has 8 heteroatoms. The van der Waals surface area contributed by atoms with Gasteiger partial charge in [0.2, 0.25) is 0 Å². The quantitative estimate of drug-likeness (QED) is 0.874. The Balaban J connectivity index is 1.75. The van der Waals surface area contributed by atoms with Crippen LogP contribution in [-0.4, -0.2) is 58.5 Å². The summed E-state index contributed by atoms with van der Waals surface area (Å²) in [6.45, 7) is 0.501. The molecule has 24 heavy (non-hydrogen) atoms. The average Bonchev–Trinajstić information content (AvgIpc) is 2.57. The second kappa shape index (κ2) is 6.66. The fourth-order valence-electron chi connectivity index (χ4n) is 2.67. The fourth-order valence-corrected chi connectivity index (χ4v) is 4.18. The summed E-state index contributed by atoms with van der Waals surface area (Å²) in [5.41, 5.74) is 1.65. The maximum absolute atomic E-state index is 11.7. The van der Waals surface area contributed by atoms with E-state index in [1.54, 1.807) is 17.3 Å². The van der Waals surface area contributed by atoms with Crippen molar-refractivity contribution >= 4 is 15.8 Å². The van der Waals surface area contributed by atoms with Crippen LogP contribution in [0.3, 0.4) is 0 Å². The van der Waals surface area contributed by atoms with Crippen molar-refractivity contribution in [1.82, 2.24) is 14.9 Å². The van der Waals surface area contributed by atoms with Gasteiger partial charge in [-0.25, -0.2) is 18.4 Å². The largest absolute Gasteiger partial charge is 0.480 e. The lowest BCUT2D eigenvalue weighted by atomic mass is 10.2. The zero-order chi connectivity index (χ0) is 17.2. The molecule has 126 valence electrons. The number of nitrogens with zero attached hydrogens (tertiary/aromatic N) is 3. The minimum Gasteiger partial charge on any atom is -0.480 e. The summed E-state index contributed by atoms with van der Waals surface area (Å²) >= 11 is 0. The summed E-state index contributed by atoms with van der Waals surface area (Å²) in [5, 5.41) is 9.27. The molecule has 0 spiro atoms. The van der Waals surface area contributed by atoms with E-state index in [4.69, 9.17) is 0 Å². The molecule has 0 radical (unpaired) electrons. The van der Waals surface area contributed by atoms with Crippen LogP contribution in [-0.2, 0) is 21.2 Å². The molecule has 1 aromatic carbocycles. The molecule has 3 rings (SSSR count). The Hall–Kier alpha value is -2.32.